The number of hydrogen-bond donors (Lipinski definition) is 1. The standard InChI is InChI=1S/C20H28N6O/c1-3-4-6-10-22-20-23-16(2)15-17(24-20)19(27)26-13-11-25(12-14-26)18-8-5-7-9-21-18/h5,7-9,15H,3-4,6,10-14H2,1-2H3,(H,22,23,24). The molecular weight excluding hydrogens is 340 g/mol. The van der Waals surface area contributed by atoms with Gasteiger partial charge in [0.1, 0.15) is 11.5 Å². The number of anilines is 2. The van der Waals surface area contributed by atoms with E-state index in [-0.39, 0.29) is 5.91 Å². The van der Waals surface area contributed by atoms with Gasteiger partial charge in [0.25, 0.3) is 5.91 Å². The number of carbonyl (C=O) groups excluding carboxylic acids is 1. The Hall–Kier alpha value is -2.70. The summed E-state index contributed by atoms with van der Waals surface area (Å²) in [6.07, 6.45) is 5.22. The molecule has 1 amide bonds. The van der Waals surface area contributed by atoms with E-state index < -0.39 is 0 Å². The van der Waals surface area contributed by atoms with E-state index in [1.54, 1.807) is 12.3 Å². The quantitative estimate of drug-likeness (QED) is 0.758. The second-order valence-electron chi connectivity index (χ2n) is 6.82. The van der Waals surface area contributed by atoms with Gasteiger partial charge in [-0.2, -0.15) is 0 Å². The van der Waals surface area contributed by atoms with Crippen LogP contribution >= 0.6 is 0 Å². The summed E-state index contributed by atoms with van der Waals surface area (Å²) in [5, 5.41) is 3.24. The number of rotatable bonds is 7. The van der Waals surface area contributed by atoms with Gasteiger partial charge in [0, 0.05) is 44.6 Å². The fraction of sp³-hybridized carbons (Fsp3) is 0.500. The van der Waals surface area contributed by atoms with Crippen molar-refractivity contribution >= 4 is 17.7 Å². The Morgan fingerprint density at radius 1 is 1.15 bits per heavy atom. The minimum Gasteiger partial charge on any atom is -0.354 e. The first kappa shape index (κ1) is 19.1. The zero-order chi connectivity index (χ0) is 19.1. The van der Waals surface area contributed by atoms with Crippen LogP contribution in [0.4, 0.5) is 11.8 Å². The van der Waals surface area contributed by atoms with E-state index in [0.29, 0.717) is 24.7 Å². The Kier molecular flexibility index (Phi) is 6.57. The third kappa shape index (κ3) is 5.15. The molecule has 3 heterocycles. The van der Waals surface area contributed by atoms with Crippen molar-refractivity contribution in [3.63, 3.8) is 0 Å². The van der Waals surface area contributed by atoms with Gasteiger partial charge < -0.3 is 15.1 Å². The molecule has 0 atom stereocenters. The molecule has 1 aliphatic rings. The number of hydrogen-bond acceptors (Lipinski definition) is 6. The van der Waals surface area contributed by atoms with Gasteiger partial charge in [0.15, 0.2) is 0 Å². The Morgan fingerprint density at radius 3 is 2.67 bits per heavy atom. The number of amides is 1. The van der Waals surface area contributed by atoms with E-state index in [0.717, 1.165) is 37.6 Å². The van der Waals surface area contributed by atoms with Crippen molar-refractivity contribution in [2.75, 3.05) is 42.9 Å². The highest BCUT2D eigenvalue weighted by molar-refractivity contribution is 5.92. The first-order chi connectivity index (χ1) is 13.2. The summed E-state index contributed by atoms with van der Waals surface area (Å²) in [6, 6.07) is 7.67. The van der Waals surface area contributed by atoms with Crippen LogP contribution in [0, 0.1) is 6.92 Å². The van der Waals surface area contributed by atoms with Crippen LogP contribution in [0.3, 0.4) is 0 Å². The van der Waals surface area contributed by atoms with Crippen LogP contribution < -0.4 is 10.2 Å². The monoisotopic (exact) mass is 368 g/mol. The molecule has 1 aliphatic heterocycles. The van der Waals surface area contributed by atoms with Gasteiger partial charge in [0.05, 0.1) is 0 Å². The average molecular weight is 368 g/mol. The highest BCUT2D eigenvalue weighted by atomic mass is 16.2. The van der Waals surface area contributed by atoms with Crippen LogP contribution in [0.25, 0.3) is 0 Å². The highest BCUT2D eigenvalue weighted by Gasteiger charge is 2.24. The molecule has 2 aromatic heterocycles. The second-order valence-corrected chi connectivity index (χ2v) is 6.82. The molecule has 7 heteroatoms. The Bertz CT molecular complexity index is 743. The van der Waals surface area contributed by atoms with Gasteiger partial charge in [-0.25, -0.2) is 15.0 Å². The SMILES string of the molecule is CCCCCNc1nc(C)cc(C(=O)N2CCN(c3ccccn3)CC2)n1. The van der Waals surface area contributed by atoms with Crippen molar-refractivity contribution in [2.45, 2.75) is 33.1 Å². The van der Waals surface area contributed by atoms with Crippen molar-refractivity contribution in [2.24, 2.45) is 0 Å². The first-order valence-corrected chi connectivity index (χ1v) is 9.72. The number of piperazine rings is 1. The number of unbranched alkanes of at least 4 members (excludes halogenated alkanes) is 2. The van der Waals surface area contributed by atoms with Gasteiger partial charge in [-0.1, -0.05) is 25.8 Å². The molecule has 27 heavy (non-hydrogen) atoms. The van der Waals surface area contributed by atoms with Crippen molar-refractivity contribution in [1.29, 1.82) is 0 Å². The summed E-state index contributed by atoms with van der Waals surface area (Å²) >= 11 is 0. The van der Waals surface area contributed by atoms with E-state index in [4.69, 9.17) is 0 Å². The summed E-state index contributed by atoms with van der Waals surface area (Å²) in [7, 11) is 0. The van der Waals surface area contributed by atoms with Crippen LogP contribution in [0.2, 0.25) is 0 Å². The maximum Gasteiger partial charge on any atom is 0.272 e. The highest BCUT2D eigenvalue weighted by Crippen LogP contribution is 2.15. The Morgan fingerprint density at radius 2 is 1.96 bits per heavy atom. The minimum atomic E-state index is -0.0298. The largest absolute Gasteiger partial charge is 0.354 e. The summed E-state index contributed by atoms with van der Waals surface area (Å²) in [4.78, 5) is 30.2. The van der Waals surface area contributed by atoms with Crippen LogP contribution in [-0.2, 0) is 0 Å². The van der Waals surface area contributed by atoms with Gasteiger partial charge in [0.2, 0.25) is 5.95 Å². The van der Waals surface area contributed by atoms with Crippen molar-refractivity contribution in [3.8, 4) is 0 Å². The predicted octanol–water partition coefficient (Wildman–Crippen LogP) is 2.74. The fourth-order valence-corrected chi connectivity index (χ4v) is 3.17. The molecule has 1 fully saturated rings. The normalized spacial score (nSPS) is 14.3. The Labute approximate surface area is 160 Å². The van der Waals surface area contributed by atoms with Crippen LogP contribution in [-0.4, -0.2) is 58.5 Å². The molecule has 0 bridgehead atoms. The molecule has 0 spiro atoms. The molecule has 1 saturated heterocycles. The lowest BCUT2D eigenvalue weighted by Crippen LogP contribution is -2.49. The molecule has 1 N–H and O–H groups in total. The number of nitrogens with one attached hydrogen (secondary N) is 1. The van der Waals surface area contributed by atoms with Gasteiger partial charge in [-0.3, -0.25) is 4.79 Å². The lowest BCUT2D eigenvalue weighted by atomic mass is 10.2. The fourth-order valence-electron chi connectivity index (χ4n) is 3.17. The lowest BCUT2D eigenvalue weighted by Gasteiger charge is -2.35. The zero-order valence-electron chi connectivity index (χ0n) is 16.2. The minimum absolute atomic E-state index is 0.0298. The van der Waals surface area contributed by atoms with E-state index >= 15 is 0 Å². The van der Waals surface area contributed by atoms with Crippen molar-refractivity contribution in [1.82, 2.24) is 19.9 Å². The number of aromatic nitrogens is 3. The molecule has 0 aliphatic carbocycles. The third-order valence-electron chi connectivity index (χ3n) is 4.68. The summed E-state index contributed by atoms with van der Waals surface area (Å²) in [5.41, 5.74) is 1.27. The lowest BCUT2D eigenvalue weighted by molar-refractivity contribution is 0.0740. The summed E-state index contributed by atoms with van der Waals surface area (Å²) < 4.78 is 0. The van der Waals surface area contributed by atoms with Gasteiger partial charge in [-0.15, -0.1) is 0 Å². The molecule has 3 rings (SSSR count). The van der Waals surface area contributed by atoms with E-state index in [1.165, 1.54) is 12.8 Å². The molecule has 0 unspecified atom stereocenters. The summed E-state index contributed by atoms with van der Waals surface area (Å²) in [5.74, 6) is 1.47. The molecule has 7 nitrogen and oxygen atoms in total. The van der Waals surface area contributed by atoms with E-state index in [1.807, 2.05) is 30.0 Å². The molecule has 2 aromatic rings. The molecule has 144 valence electrons. The third-order valence-corrected chi connectivity index (χ3v) is 4.68. The van der Waals surface area contributed by atoms with Crippen LogP contribution in [0.15, 0.2) is 30.5 Å². The number of nitrogens with zero attached hydrogens (tertiary/aromatic N) is 5. The Balaban J connectivity index is 1.60. The van der Waals surface area contributed by atoms with Crippen LogP contribution in [0.5, 0.6) is 0 Å². The topological polar surface area (TPSA) is 74.2 Å². The van der Waals surface area contributed by atoms with Crippen molar-refractivity contribution in [3.05, 3.63) is 41.9 Å². The van der Waals surface area contributed by atoms with Gasteiger partial charge >= 0.3 is 0 Å². The molecule has 0 radical (unpaired) electrons. The first-order valence-electron chi connectivity index (χ1n) is 9.72. The smallest absolute Gasteiger partial charge is 0.272 e. The van der Waals surface area contributed by atoms with E-state index in [2.05, 4.69) is 32.1 Å². The predicted molar refractivity (Wildman–Crippen MR) is 107 cm³/mol. The number of aryl methyl sites for hydroxylation is 1. The second kappa shape index (κ2) is 9.30. The molecule has 0 aromatic carbocycles. The maximum atomic E-state index is 12.9. The summed E-state index contributed by atoms with van der Waals surface area (Å²) in [6.45, 7) is 7.77. The zero-order valence-corrected chi connectivity index (χ0v) is 16.2. The number of carbonyl (C=O) groups is 1. The molecule has 0 saturated carbocycles. The maximum absolute atomic E-state index is 12.9. The molecular formula is C20H28N6O. The average Bonchev–Trinajstić information content (AvgIpc) is 2.71. The number of pyridine rings is 1. The van der Waals surface area contributed by atoms with Gasteiger partial charge in [-0.05, 0) is 31.5 Å². The van der Waals surface area contributed by atoms with E-state index in [9.17, 15) is 4.79 Å². The van der Waals surface area contributed by atoms with Crippen molar-refractivity contribution < 1.29 is 4.79 Å². The van der Waals surface area contributed by atoms with Crippen LogP contribution in [0.1, 0.15) is 42.4 Å².